The lowest BCUT2D eigenvalue weighted by Gasteiger charge is -2.33. The van der Waals surface area contributed by atoms with E-state index in [0.717, 1.165) is 19.3 Å². The molecule has 0 radical (unpaired) electrons. The lowest BCUT2D eigenvalue weighted by atomic mass is 9.90. The van der Waals surface area contributed by atoms with E-state index in [1.54, 1.807) is 18.7 Å². The number of hydrogen-bond acceptors (Lipinski definition) is 5. The van der Waals surface area contributed by atoms with Crippen LogP contribution in [0.2, 0.25) is 0 Å². The van der Waals surface area contributed by atoms with Gasteiger partial charge in [0, 0.05) is 24.7 Å². The Hall–Kier alpha value is -3.22. The number of ether oxygens (including phenoxy) is 1. The van der Waals surface area contributed by atoms with Crippen LogP contribution >= 0.6 is 0 Å². The maximum absolute atomic E-state index is 12.7. The molecule has 2 aromatic rings. The molecule has 0 aromatic heterocycles. The normalized spacial score (nSPS) is 15.5. The van der Waals surface area contributed by atoms with Crippen molar-refractivity contribution in [2.75, 3.05) is 13.1 Å². The number of carbonyl (C=O) groups excluding carboxylic acids is 2. The number of benzene rings is 2. The van der Waals surface area contributed by atoms with Crippen LogP contribution in [0.5, 0.6) is 0 Å². The van der Waals surface area contributed by atoms with E-state index < -0.39 is 17.0 Å². The molecule has 1 saturated heterocycles. The molecule has 0 aliphatic carbocycles. The standard InChI is InChI=1S/C23H26N2O5/c1-16-8-9-20(15-21(16)25(28)29)23(27)30-17(2)22(26)24-12-10-19(11-13-24)14-18-6-4-3-5-7-18/h3-9,15,17,19H,10-14H2,1-2H3/t17-/m1/s1. The number of nitro groups is 1. The summed E-state index contributed by atoms with van der Waals surface area (Å²) in [6.45, 7) is 4.40. The number of piperidine rings is 1. The molecular weight excluding hydrogens is 384 g/mol. The predicted molar refractivity (Wildman–Crippen MR) is 112 cm³/mol. The molecule has 1 fully saturated rings. The fraction of sp³-hybridized carbons (Fsp3) is 0.391. The number of nitrogens with zero attached hydrogens (tertiary/aromatic N) is 2. The van der Waals surface area contributed by atoms with Crippen LogP contribution in [-0.4, -0.2) is 40.9 Å². The van der Waals surface area contributed by atoms with E-state index in [2.05, 4.69) is 12.1 Å². The van der Waals surface area contributed by atoms with Crippen molar-refractivity contribution in [1.82, 2.24) is 4.90 Å². The molecule has 0 unspecified atom stereocenters. The molecule has 0 bridgehead atoms. The predicted octanol–water partition coefficient (Wildman–Crippen LogP) is 3.93. The molecule has 7 nitrogen and oxygen atoms in total. The quantitative estimate of drug-likeness (QED) is 0.409. The summed E-state index contributed by atoms with van der Waals surface area (Å²) < 4.78 is 5.30. The summed E-state index contributed by atoms with van der Waals surface area (Å²) >= 11 is 0. The molecule has 1 amide bonds. The highest BCUT2D eigenvalue weighted by Crippen LogP contribution is 2.23. The number of hydrogen-bond donors (Lipinski definition) is 0. The van der Waals surface area contributed by atoms with E-state index in [4.69, 9.17) is 4.74 Å². The van der Waals surface area contributed by atoms with Gasteiger partial charge in [-0.3, -0.25) is 14.9 Å². The fourth-order valence-electron chi connectivity index (χ4n) is 3.77. The Labute approximate surface area is 175 Å². The van der Waals surface area contributed by atoms with Gasteiger partial charge < -0.3 is 9.64 Å². The minimum absolute atomic E-state index is 0.0634. The third kappa shape index (κ3) is 5.23. The van der Waals surface area contributed by atoms with Gasteiger partial charge in [0.05, 0.1) is 10.5 Å². The van der Waals surface area contributed by atoms with Crippen LogP contribution in [0, 0.1) is 23.0 Å². The van der Waals surface area contributed by atoms with Crippen LogP contribution in [0.3, 0.4) is 0 Å². The lowest BCUT2D eigenvalue weighted by molar-refractivity contribution is -0.385. The molecule has 1 heterocycles. The van der Waals surface area contributed by atoms with Crippen molar-refractivity contribution in [2.45, 2.75) is 39.2 Å². The van der Waals surface area contributed by atoms with Gasteiger partial charge in [0.25, 0.3) is 11.6 Å². The van der Waals surface area contributed by atoms with Crippen molar-refractivity contribution in [3.8, 4) is 0 Å². The van der Waals surface area contributed by atoms with Gasteiger partial charge in [-0.05, 0) is 50.7 Å². The Morgan fingerprint density at radius 1 is 1.17 bits per heavy atom. The lowest BCUT2D eigenvalue weighted by Crippen LogP contribution is -2.44. The minimum Gasteiger partial charge on any atom is -0.449 e. The number of likely N-dealkylation sites (tertiary alicyclic amines) is 1. The Balaban J connectivity index is 1.53. The van der Waals surface area contributed by atoms with Crippen molar-refractivity contribution in [3.05, 3.63) is 75.3 Å². The summed E-state index contributed by atoms with van der Waals surface area (Å²) in [5.74, 6) is -0.441. The number of nitro benzene ring substituents is 1. The summed E-state index contributed by atoms with van der Waals surface area (Å²) in [4.78, 5) is 37.3. The molecule has 30 heavy (non-hydrogen) atoms. The topological polar surface area (TPSA) is 89.8 Å². The molecule has 0 N–H and O–H groups in total. The molecule has 3 rings (SSSR count). The van der Waals surface area contributed by atoms with Crippen LogP contribution < -0.4 is 0 Å². The Morgan fingerprint density at radius 2 is 1.83 bits per heavy atom. The van der Waals surface area contributed by atoms with Gasteiger partial charge in [-0.25, -0.2) is 4.79 Å². The number of carbonyl (C=O) groups is 2. The summed E-state index contributed by atoms with van der Waals surface area (Å²) in [5, 5.41) is 11.1. The third-order valence-corrected chi connectivity index (χ3v) is 5.57. The van der Waals surface area contributed by atoms with Crippen LogP contribution in [0.15, 0.2) is 48.5 Å². The van der Waals surface area contributed by atoms with Gasteiger partial charge in [-0.15, -0.1) is 0 Å². The van der Waals surface area contributed by atoms with Gasteiger partial charge in [0.2, 0.25) is 0 Å². The minimum atomic E-state index is -0.941. The second-order valence-electron chi connectivity index (χ2n) is 7.76. The van der Waals surface area contributed by atoms with E-state index in [0.29, 0.717) is 24.6 Å². The molecule has 1 atom stereocenters. The molecule has 0 spiro atoms. The fourth-order valence-corrected chi connectivity index (χ4v) is 3.77. The van der Waals surface area contributed by atoms with Gasteiger partial charge in [-0.1, -0.05) is 36.4 Å². The summed E-state index contributed by atoms with van der Waals surface area (Å²) in [7, 11) is 0. The largest absolute Gasteiger partial charge is 0.449 e. The monoisotopic (exact) mass is 410 g/mol. The number of amides is 1. The highest BCUT2D eigenvalue weighted by Gasteiger charge is 2.28. The third-order valence-electron chi connectivity index (χ3n) is 5.57. The maximum atomic E-state index is 12.7. The van der Waals surface area contributed by atoms with Crippen LogP contribution in [0.25, 0.3) is 0 Å². The zero-order valence-electron chi connectivity index (χ0n) is 17.2. The van der Waals surface area contributed by atoms with E-state index >= 15 is 0 Å². The molecule has 7 heteroatoms. The first-order chi connectivity index (χ1) is 14.3. The Bertz CT molecular complexity index is 920. The molecule has 2 aromatic carbocycles. The van der Waals surface area contributed by atoms with Gasteiger partial charge in [-0.2, -0.15) is 0 Å². The molecule has 0 saturated carbocycles. The summed E-state index contributed by atoms with van der Waals surface area (Å²) in [5.41, 5.74) is 1.67. The van der Waals surface area contributed by atoms with Crippen molar-refractivity contribution in [2.24, 2.45) is 5.92 Å². The van der Waals surface area contributed by atoms with Gasteiger partial charge >= 0.3 is 5.97 Å². The number of rotatable bonds is 6. The highest BCUT2D eigenvalue weighted by molar-refractivity contribution is 5.93. The molecule has 158 valence electrons. The van der Waals surface area contributed by atoms with Gasteiger partial charge in [0.15, 0.2) is 6.10 Å². The first kappa shape index (κ1) is 21.5. The van der Waals surface area contributed by atoms with Crippen LogP contribution in [-0.2, 0) is 16.0 Å². The van der Waals surface area contributed by atoms with Crippen molar-refractivity contribution in [3.63, 3.8) is 0 Å². The van der Waals surface area contributed by atoms with E-state index in [1.807, 2.05) is 18.2 Å². The molecular formula is C23H26N2O5. The first-order valence-corrected chi connectivity index (χ1v) is 10.1. The molecule has 1 aliphatic heterocycles. The van der Waals surface area contributed by atoms with Crippen molar-refractivity contribution >= 4 is 17.6 Å². The number of esters is 1. The zero-order valence-corrected chi connectivity index (χ0v) is 17.2. The second-order valence-corrected chi connectivity index (χ2v) is 7.76. The number of aryl methyl sites for hydroxylation is 1. The zero-order chi connectivity index (χ0) is 21.7. The molecule has 1 aliphatic rings. The van der Waals surface area contributed by atoms with E-state index in [9.17, 15) is 19.7 Å². The van der Waals surface area contributed by atoms with E-state index in [-0.39, 0.29) is 17.2 Å². The SMILES string of the molecule is Cc1ccc(C(=O)O[C@H](C)C(=O)N2CCC(Cc3ccccc3)CC2)cc1[N+](=O)[O-]. The summed E-state index contributed by atoms with van der Waals surface area (Å²) in [6, 6.07) is 14.5. The average molecular weight is 410 g/mol. The maximum Gasteiger partial charge on any atom is 0.339 e. The Kier molecular flexibility index (Phi) is 6.82. The smallest absolute Gasteiger partial charge is 0.339 e. The summed E-state index contributed by atoms with van der Waals surface area (Å²) in [6.07, 6.45) is 1.87. The van der Waals surface area contributed by atoms with Crippen molar-refractivity contribution in [1.29, 1.82) is 0 Å². The van der Waals surface area contributed by atoms with E-state index in [1.165, 1.54) is 23.8 Å². The van der Waals surface area contributed by atoms with Crippen LogP contribution in [0.4, 0.5) is 5.69 Å². The Morgan fingerprint density at radius 3 is 2.47 bits per heavy atom. The van der Waals surface area contributed by atoms with Crippen molar-refractivity contribution < 1.29 is 19.2 Å². The van der Waals surface area contributed by atoms with Crippen LogP contribution in [0.1, 0.15) is 41.3 Å². The average Bonchev–Trinajstić information content (AvgIpc) is 2.74. The highest BCUT2D eigenvalue weighted by atomic mass is 16.6. The second kappa shape index (κ2) is 9.52. The first-order valence-electron chi connectivity index (χ1n) is 10.1. The van der Waals surface area contributed by atoms with Gasteiger partial charge in [0.1, 0.15) is 0 Å².